The van der Waals surface area contributed by atoms with E-state index in [4.69, 9.17) is 44.3 Å². The Balaban J connectivity index is 1.71. The maximum atomic E-state index is 13.3. The molecule has 184 valence electrons. The third kappa shape index (κ3) is 5.18. The summed E-state index contributed by atoms with van der Waals surface area (Å²) in [6.07, 6.45) is 1.36. The third-order valence-corrected chi connectivity index (χ3v) is 6.50. The number of amides is 4. The molecule has 4 rings (SSSR count). The van der Waals surface area contributed by atoms with Gasteiger partial charge in [-0.25, -0.2) is 9.69 Å². The maximum absolute atomic E-state index is 13.3. The molecule has 1 fully saturated rings. The molecule has 0 radical (unpaired) electrons. The number of benzene rings is 3. The lowest BCUT2D eigenvalue weighted by atomic mass is 10.0. The molecule has 1 aliphatic rings. The van der Waals surface area contributed by atoms with E-state index in [0.29, 0.717) is 43.3 Å². The first-order valence-electron chi connectivity index (χ1n) is 10.6. The average Bonchev–Trinajstić information content (AvgIpc) is 2.84. The van der Waals surface area contributed by atoms with E-state index in [1.807, 2.05) is 0 Å². The van der Waals surface area contributed by atoms with Gasteiger partial charge in [0, 0.05) is 32.3 Å². The lowest BCUT2D eigenvalue weighted by Crippen LogP contribution is -2.54. The van der Waals surface area contributed by atoms with Crippen LogP contribution >= 0.6 is 34.8 Å². The van der Waals surface area contributed by atoms with Gasteiger partial charge in [0.1, 0.15) is 23.7 Å². The predicted octanol–water partition coefficient (Wildman–Crippen LogP) is 6.21. The summed E-state index contributed by atoms with van der Waals surface area (Å²) in [4.78, 5) is 39.5. The zero-order chi connectivity index (χ0) is 26.0. The van der Waals surface area contributed by atoms with Gasteiger partial charge in [-0.2, -0.15) is 0 Å². The van der Waals surface area contributed by atoms with E-state index >= 15 is 0 Å². The van der Waals surface area contributed by atoms with Gasteiger partial charge in [-0.05, 0) is 55.0 Å². The molecule has 0 spiro atoms. The van der Waals surface area contributed by atoms with Crippen molar-refractivity contribution in [2.45, 2.75) is 13.5 Å². The van der Waals surface area contributed by atoms with Gasteiger partial charge in [0.2, 0.25) is 0 Å². The summed E-state index contributed by atoms with van der Waals surface area (Å²) in [5.74, 6) is -0.795. The molecule has 1 heterocycles. The molecule has 1 saturated heterocycles. The zero-order valence-electron chi connectivity index (χ0n) is 19.1. The number of carbonyl (C=O) groups is 3. The molecule has 3 aromatic carbocycles. The number of halogens is 3. The maximum Gasteiger partial charge on any atom is 0.335 e. The van der Waals surface area contributed by atoms with Crippen LogP contribution in [0.3, 0.4) is 0 Å². The molecular weight excluding hydrogens is 527 g/mol. The number of nitrogens with zero attached hydrogens (tertiary/aromatic N) is 1. The van der Waals surface area contributed by atoms with Gasteiger partial charge in [-0.15, -0.1) is 0 Å². The van der Waals surface area contributed by atoms with Crippen LogP contribution in [-0.4, -0.2) is 25.0 Å². The van der Waals surface area contributed by atoms with Gasteiger partial charge in [-0.3, -0.25) is 14.9 Å². The molecule has 36 heavy (non-hydrogen) atoms. The molecule has 4 amide bonds. The lowest BCUT2D eigenvalue weighted by molar-refractivity contribution is -0.122. The number of rotatable bonds is 6. The first-order chi connectivity index (χ1) is 17.2. The van der Waals surface area contributed by atoms with E-state index in [1.54, 1.807) is 61.5 Å². The van der Waals surface area contributed by atoms with Crippen molar-refractivity contribution < 1.29 is 23.9 Å². The van der Waals surface area contributed by atoms with Crippen molar-refractivity contribution in [2.75, 3.05) is 12.0 Å². The summed E-state index contributed by atoms with van der Waals surface area (Å²) in [6, 6.07) is 13.9. The molecule has 0 saturated carbocycles. The van der Waals surface area contributed by atoms with Crippen LogP contribution in [0.4, 0.5) is 10.5 Å². The number of ether oxygens (including phenoxy) is 2. The first-order valence-corrected chi connectivity index (χ1v) is 11.7. The highest BCUT2D eigenvalue weighted by atomic mass is 35.5. The first kappa shape index (κ1) is 25.6. The van der Waals surface area contributed by atoms with E-state index in [0.717, 1.165) is 4.90 Å². The minimum absolute atomic E-state index is 0.0891. The summed E-state index contributed by atoms with van der Waals surface area (Å²) in [5.41, 5.74) is 1.63. The summed E-state index contributed by atoms with van der Waals surface area (Å²) in [6.45, 7) is 1.77. The van der Waals surface area contributed by atoms with Gasteiger partial charge < -0.3 is 9.47 Å². The Morgan fingerprint density at radius 1 is 0.972 bits per heavy atom. The molecular formula is C26H19Cl3N2O5. The van der Waals surface area contributed by atoms with E-state index in [2.05, 4.69) is 5.32 Å². The van der Waals surface area contributed by atoms with Crippen molar-refractivity contribution in [3.63, 3.8) is 0 Å². The molecule has 0 aromatic heterocycles. The molecule has 1 aliphatic heterocycles. The molecule has 0 unspecified atom stereocenters. The summed E-state index contributed by atoms with van der Waals surface area (Å²) >= 11 is 18.4. The monoisotopic (exact) mass is 544 g/mol. The van der Waals surface area contributed by atoms with Crippen LogP contribution in [0.1, 0.15) is 16.7 Å². The number of carbonyl (C=O) groups excluding carboxylic acids is 3. The zero-order valence-corrected chi connectivity index (χ0v) is 21.4. The summed E-state index contributed by atoms with van der Waals surface area (Å²) in [7, 11) is 1.50. The van der Waals surface area contributed by atoms with Crippen molar-refractivity contribution >= 4 is 64.4 Å². The molecule has 0 bridgehead atoms. The molecule has 0 aliphatic carbocycles. The smallest absolute Gasteiger partial charge is 0.335 e. The molecule has 10 heteroatoms. The van der Waals surface area contributed by atoms with Crippen LogP contribution in [0.15, 0.2) is 60.2 Å². The lowest BCUT2D eigenvalue weighted by Gasteiger charge is -2.28. The standard InChI is InChI=1S/C26H19Cl3N2O5/c1-14-20(28)4-3-5-22(14)31-25(33)19(24(32)30-26(31)34)10-15-7-9-18(35-2)12-23(15)36-13-16-6-8-17(27)11-21(16)29/h3-12H,13H2,1-2H3,(H,30,32,34)/b19-10+. The van der Waals surface area contributed by atoms with Gasteiger partial charge >= 0.3 is 6.03 Å². The largest absolute Gasteiger partial charge is 0.497 e. The van der Waals surface area contributed by atoms with Crippen LogP contribution in [0.2, 0.25) is 15.1 Å². The van der Waals surface area contributed by atoms with E-state index in [1.165, 1.54) is 13.2 Å². The van der Waals surface area contributed by atoms with Gasteiger partial charge in [0.05, 0.1) is 12.8 Å². The summed E-state index contributed by atoms with van der Waals surface area (Å²) in [5, 5.41) is 3.51. The Morgan fingerprint density at radius 2 is 1.75 bits per heavy atom. The number of urea groups is 1. The van der Waals surface area contributed by atoms with Crippen molar-refractivity contribution in [3.8, 4) is 11.5 Å². The molecule has 0 atom stereocenters. The number of hydrogen-bond donors (Lipinski definition) is 1. The fourth-order valence-electron chi connectivity index (χ4n) is 3.55. The second-order valence-corrected chi connectivity index (χ2v) is 9.02. The SMILES string of the molecule is COc1ccc(/C=C2\C(=O)NC(=O)N(c3cccc(Cl)c3C)C2=O)c(OCc2ccc(Cl)cc2Cl)c1. The number of anilines is 1. The minimum Gasteiger partial charge on any atom is -0.497 e. The van der Waals surface area contributed by atoms with Crippen LogP contribution in [-0.2, 0) is 16.2 Å². The fraction of sp³-hybridized carbons (Fsp3) is 0.115. The second kappa shape index (κ2) is 10.6. The Morgan fingerprint density at radius 3 is 2.47 bits per heavy atom. The van der Waals surface area contributed by atoms with Gasteiger partial charge in [0.15, 0.2) is 0 Å². The third-order valence-electron chi connectivity index (χ3n) is 5.50. The topological polar surface area (TPSA) is 84.9 Å². The highest BCUT2D eigenvalue weighted by Crippen LogP contribution is 2.32. The van der Waals surface area contributed by atoms with Crippen LogP contribution < -0.4 is 19.7 Å². The molecule has 7 nitrogen and oxygen atoms in total. The van der Waals surface area contributed by atoms with E-state index in [9.17, 15) is 14.4 Å². The number of imide groups is 2. The minimum atomic E-state index is -0.865. The van der Waals surface area contributed by atoms with Gasteiger partial charge in [0.25, 0.3) is 11.8 Å². The van der Waals surface area contributed by atoms with E-state index < -0.39 is 17.8 Å². The van der Waals surface area contributed by atoms with Crippen LogP contribution in [0.25, 0.3) is 6.08 Å². The van der Waals surface area contributed by atoms with E-state index in [-0.39, 0.29) is 17.9 Å². The molecule has 3 aromatic rings. The Bertz CT molecular complexity index is 1420. The fourth-order valence-corrected chi connectivity index (χ4v) is 4.18. The van der Waals surface area contributed by atoms with Crippen LogP contribution in [0.5, 0.6) is 11.5 Å². The van der Waals surface area contributed by atoms with Crippen molar-refractivity contribution in [1.29, 1.82) is 0 Å². The highest BCUT2D eigenvalue weighted by Gasteiger charge is 2.37. The van der Waals surface area contributed by atoms with Gasteiger partial charge in [-0.1, -0.05) is 46.9 Å². The van der Waals surface area contributed by atoms with Crippen molar-refractivity contribution in [1.82, 2.24) is 5.32 Å². The summed E-state index contributed by atoms with van der Waals surface area (Å²) < 4.78 is 11.3. The predicted molar refractivity (Wildman–Crippen MR) is 139 cm³/mol. The van der Waals surface area contributed by atoms with Crippen molar-refractivity contribution in [3.05, 3.63) is 91.9 Å². The van der Waals surface area contributed by atoms with Crippen molar-refractivity contribution in [2.24, 2.45) is 0 Å². The normalized spacial score (nSPS) is 14.8. The Kier molecular flexibility index (Phi) is 7.54. The number of hydrogen-bond acceptors (Lipinski definition) is 5. The number of barbiturate groups is 1. The average molecular weight is 546 g/mol. The highest BCUT2D eigenvalue weighted by molar-refractivity contribution is 6.40. The Hall–Kier alpha value is -3.52. The Labute approximate surface area is 222 Å². The number of methoxy groups -OCH3 is 1. The second-order valence-electron chi connectivity index (χ2n) is 7.77. The molecule has 1 N–H and O–H groups in total. The number of nitrogens with one attached hydrogen (secondary N) is 1. The quantitative estimate of drug-likeness (QED) is 0.294. The van der Waals surface area contributed by atoms with Crippen LogP contribution in [0, 0.1) is 6.92 Å².